The van der Waals surface area contributed by atoms with Crippen LogP contribution in [-0.2, 0) is 33.1 Å². The number of rotatable bonds is 8. The number of hydrogen-bond donors (Lipinski definition) is 1. The number of aromatic nitrogens is 2. The summed E-state index contributed by atoms with van der Waals surface area (Å²) in [6.45, 7) is 7.62. The first-order chi connectivity index (χ1) is 21.1. The Hall–Kier alpha value is -3.45. The van der Waals surface area contributed by atoms with Crippen molar-refractivity contribution in [2.24, 2.45) is 0 Å². The fourth-order valence-corrected chi connectivity index (χ4v) is 8.39. The minimum Gasteiger partial charge on any atom is -0.366 e. The molecule has 2 atom stereocenters. The highest BCUT2D eigenvalue weighted by Crippen LogP contribution is 2.48. The molecule has 1 saturated heterocycles. The molecule has 4 aromatic rings. The molecule has 2 aliphatic heterocycles. The zero-order valence-electron chi connectivity index (χ0n) is 24.9. The van der Waals surface area contributed by atoms with Crippen LogP contribution in [0.25, 0.3) is 11.4 Å². The van der Waals surface area contributed by atoms with Gasteiger partial charge in [0.2, 0.25) is 12.2 Å². The summed E-state index contributed by atoms with van der Waals surface area (Å²) >= 11 is 1.50. The van der Waals surface area contributed by atoms with Crippen molar-refractivity contribution in [2.45, 2.75) is 69.2 Å². The highest BCUT2D eigenvalue weighted by atomic mass is 32.2. The summed E-state index contributed by atoms with van der Waals surface area (Å²) in [6.07, 6.45) is 3.50. The van der Waals surface area contributed by atoms with Crippen LogP contribution < -0.4 is 5.32 Å². The molecule has 9 nitrogen and oxygen atoms in total. The molecule has 0 aliphatic carbocycles. The van der Waals surface area contributed by atoms with Crippen LogP contribution in [0.15, 0.2) is 64.3 Å². The van der Waals surface area contributed by atoms with E-state index < -0.39 is 15.4 Å². The van der Waals surface area contributed by atoms with Crippen molar-refractivity contribution in [2.75, 3.05) is 18.8 Å². The van der Waals surface area contributed by atoms with E-state index in [-0.39, 0.29) is 40.3 Å². The number of ether oxygens (including phenoxy) is 1. The molecule has 4 heterocycles. The number of sulfone groups is 1. The third kappa shape index (κ3) is 5.95. The van der Waals surface area contributed by atoms with Crippen molar-refractivity contribution in [3.63, 3.8) is 0 Å². The average Bonchev–Trinajstić information content (AvgIpc) is 3.71. The van der Waals surface area contributed by atoms with Crippen LogP contribution >= 0.6 is 11.3 Å². The zero-order valence-corrected chi connectivity index (χ0v) is 26.5. The van der Waals surface area contributed by atoms with Gasteiger partial charge in [0.15, 0.2) is 9.84 Å². The van der Waals surface area contributed by atoms with Crippen molar-refractivity contribution >= 4 is 27.1 Å². The molecule has 1 amide bonds. The third-order valence-electron chi connectivity index (χ3n) is 8.73. The van der Waals surface area contributed by atoms with Crippen LogP contribution in [0.4, 0.5) is 4.39 Å². The molecule has 1 spiro atoms. The fourth-order valence-electron chi connectivity index (χ4n) is 6.21. The predicted molar refractivity (Wildman–Crippen MR) is 165 cm³/mol. The Kier molecular flexibility index (Phi) is 8.44. The minimum absolute atomic E-state index is 0.00229. The Morgan fingerprint density at radius 2 is 1.93 bits per heavy atom. The summed E-state index contributed by atoms with van der Waals surface area (Å²) in [4.78, 5) is 21.5. The molecule has 2 aromatic carbocycles. The standard InChI is InChI=1S/C32H35FN4O5S2/c1-4-44(39,40)25-8-5-22(6-9-25)18-34-31(38)28-17-24-15-20(2)42-32(29(24)43-28)11-13-37(14-12-32)21(3)23-7-10-26(27(33)16-23)30-35-19-41-36-30/h5-10,16-17,19-21H,4,11-15,18H2,1-3H3,(H,34,38)/t20-,21?/m0/s1. The second-order valence-corrected chi connectivity index (χ2v) is 14.9. The number of halogens is 1. The van der Waals surface area contributed by atoms with Crippen LogP contribution in [0.3, 0.4) is 0 Å². The van der Waals surface area contributed by atoms with Gasteiger partial charge >= 0.3 is 0 Å². The van der Waals surface area contributed by atoms with Gasteiger partial charge in [-0.1, -0.05) is 30.3 Å². The first kappa shape index (κ1) is 30.6. The molecule has 2 aliphatic rings. The number of carbonyl (C=O) groups is 1. The Morgan fingerprint density at radius 3 is 2.59 bits per heavy atom. The topological polar surface area (TPSA) is 115 Å². The van der Waals surface area contributed by atoms with E-state index in [0.29, 0.717) is 17.0 Å². The van der Waals surface area contributed by atoms with Gasteiger partial charge in [0.1, 0.15) is 11.4 Å². The number of likely N-dealkylation sites (tertiary alicyclic amines) is 1. The number of nitrogens with zero attached hydrogens (tertiary/aromatic N) is 3. The van der Waals surface area contributed by atoms with Crippen LogP contribution in [0.1, 0.15) is 70.9 Å². The quantitative estimate of drug-likeness (QED) is 0.263. The first-order valence-corrected chi connectivity index (χ1v) is 17.3. The number of carbonyl (C=O) groups excluding carboxylic acids is 1. The van der Waals surface area contributed by atoms with E-state index in [1.807, 2.05) is 12.1 Å². The molecule has 12 heteroatoms. The smallest absolute Gasteiger partial charge is 0.261 e. The summed E-state index contributed by atoms with van der Waals surface area (Å²) < 4.78 is 50.5. The lowest BCUT2D eigenvalue weighted by Gasteiger charge is -2.47. The average molecular weight is 639 g/mol. The highest BCUT2D eigenvalue weighted by molar-refractivity contribution is 7.91. The molecule has 1 N–H and O–H groups in total. The Balaban J connectivity index is 1.12. The highest BCUT2D eigenvalue weighted by Gasteiger charge is 2.45. The molecular weight excluding hydrogens is 604 g/mol. The zero-order chi connectivity index (χ0) is 31.1. The molecule has 44 heavy (non-hydrogen) atoms. The summed E-state index contributed by atoms with van der Waals surface area (Å²) in [5.74, 6) is -0.271. The van der Waals surface area contributed by atoms with Gasteiger partial charge in [-0.25, -0.2) is 12.8 Å². The summed E-state index contributed by atoms with van der Waals surface area (Å²) in [5, 5.41) is 6.73. The van der Waals surface area contributed by atoms with Crippen LogP contribution in [0.5, 0.6) is 0 Å². The van der Waals surface area contributed by atoms with Gasteiger partial charge in [0.05, 0.1) is 27.2 Å². The number of amides is 1. The first-order valence-electron chi connectivity index (χ1n) is 14.8. The maximum absolute atomic E-state index is 14.9. The summed E-state index contributed by atoms with van der Waals surface area (Å²) in [6, 6.07) is 13.8. The Bertz CT molecular complexity index is 1750. The van der Waals surface area contributed by atoms with E-state index >= 15 is 0 Å². The van der Waals surface area contributed by atoms with Crippen molar-refractivity contribution in [1.82, 2.24) is 20.4 Å². The van der Waals surface area contributed by atoms with Crippen molar-refractivity contribution in [1.29, 1.82) is 0 Å². The number of thiophene rings is 1. The van der Waals surface area contributed by atoms with Gasteiger partial charge in [-0.15, -0.1) is 11.3 Å². The molecule has 0 radical (unpaired) electrons. The molecule has 6 rings (SSSR count). The molecule has 2 aromatic heterocycles. The van der Waals surface area contributed by atoms with E-state index in [1.165, 1.54) is 17.7 Å². The van der Waals surface area contributed by atoms with E-state index in [0.717, 1.165) is 53.9 Å². The monoisotopic (exact) mass is 638 g/mol. The molecule has 0 bridgehead atoms. The molecule has 232 valence electrons. The number of benzene rings is 2. The summed E-state index contributed by atoms with van der Waals surface area (Å²) in [5.41, 5.74) is 2.71. The second kappa shape index (κ2) is 12.2. The van der Waals surface area contributed by atoms with E-state index in [4.69, 9.17) is 9.26 Å². The number of fused-ring (bicyclic) bond motifs is 2. The van der Waals surface area contributed by atoms with E-state index in [9.17, 15) is 17.6 Å². The lowest BCUT2D eigenvalue weighted by molar-refractivity contribution is -0.134. The van der Waals surface area contributed by atoms with Crippen LogP contribution in [0.2, 0.25) is 0 Å². The molecule has 1 unspecified atom stereocenters. The molecule has 1 fully saturated rings. The van der Waals surface area contributed by atoms with Gasteiger partial charge in [0.25, 0.3) is 5.91 Å². The lowest BCUT2D eigenvalue weighted by atomic mass is 9.83. The van der Waals surface area contributed by atoms with Gasteiger partial charge < -0.3 is 14.6 Å². The van der Waals surface area contributed by atoms with Gasteiger partial charge in [-0.3, -0.25) is 9.69 Å². The lowest BCUT2D eigenvalue weighted by Crippen LogP contribution is -2.48. The van der Waals surface area contributed by atoms with Gasteiger partial charge in [-0.2, -0.15) is 4.98 Å². The third-order valence-corrected chi connectivity index (χ3v) is 11.8. The Morgan fingerprint density at radius 1 is 1.18 bits per heavy atom. The van der Waals surface area contributed by atoms with E-state index in [2.05, 4.69) is 34.2 Å². The van der Waals surface area contributed by atoms with Crippen molar-refractivity contribution < 1.29 is 26.9 Å². The normalized spacial score (nSPS) is 19.0. The maximum atomic E-state index is 14.9. The predicted octanol–water partition coefficient (Wildman–Crippen LogP) is 5.67. The number of piperidine rings is 1. The maximum Gasteiger partial charge on any atom is 0.261 e. The van der Waals surface area contributed by atoms with Crippen molar-refractivity contribution in [3.05, 3.63) is 87.2 Å². The van der Waals surface area contributed by atoms with E-state index in [1.54, 1.807) is 43.3 Å². The Labute approximate surface area is 260 Å². The second-order valence-electron chi connectivity index (χ2n) is 11.5. The van der Waals surface area contributed by atoms with Gasteiger partial charge in [0, 0.05) is 30.6 Å². The fraction of sp³-hybridized carbons (Fsp3) is 0.406. The van der Waals surface area contributed by atoms with Crippen LogP contribution in [-0.4, -0.2) is 54.3 Å². The van der Waals surface area contributed by atoms with Gasteiger partial charge in [-0.05, 0) is 80.1 Å². The number of hydrogen-bond acceptors (Lipinski definition) is 9. The minimum atomic E-state index is -3.27. The SMILES string of the molecule is CCS(=O)(=O)c1ccc(CNC(=O)c2cc3c(s2)C2(CCN(C(C)c4ccc(-c5ncon5)c(F)c4)CC2)O[C@@H](C)C3)cc1. The molecule has 0 saturated carbocycles. The number of nitrogens with one attached hydrogen (secondary N) is 1. The van der Waals surface area contributed by atoms with Crippen LogP contribution in [0, 0.1) is 5.82 Å². The summed E-state index contributed by atoms with van der Waals surface area (Å²) in [7, 11) is -3.27. The molecular formula is C32H35FN4O5S2. The largest absolute Gasteiger partial charge is 0.366 e. The van der Waals surface area contributed by atoms with Crippen molar-refractivity contribution in [3.8, 4) is 11.4 Å².